The molecule has 3 aromatic rings. The molecule has 2 saturated heterocycles. The standard InChI is InChI=1S/C24H22ClFN6O2/c25-17-11-19(18(26)10-16(17)13-2-5-21(27-12-13)31-6-1-7-31)28-24(34)32-15-3-4-20(32)23-14(8-15)9-22(33)29-30-23/h2,5,9-12,15,20H,1,3-4,6-8H2,(H,28,34)(H,29,33)/t15-,20+/m0/s1. The van der Waals surface area contributed by atoms with Gasteiger partial charge >= 0.3 is 6.03 Å². The lowest BCUT2D eigenvalue weighted by Crippen LogP contribution is -2.45. The zero-order valence-electron chi connectivity index (χ0n) is 18.2. The lowest BCUT2D eigenvalue weighted by atomic mass is 9.99. The largest absolute Gasteiger partial charge is 0.356 e. The molecule has 10 heteroatoms. The summed E-state index contributed by atoms with van der Waals surface area (Å²) in [5, 5.41) is 9.64. The van der Waals surface area contributed by atoms with Crippen LogP contribution < -0.4 is 15.8 Å². The first-order valence-electron chi connectivity index (χ1n) is 11.4. The van der Waals surface area contributed by atoms with Crippen molar-refractivity contribution >= 4 is 29.1 Å². The molecular weight excluding hydrogens is 459 g/mol. The Bertz CT molecular complexity index is 1340. The summed E-state index contributed by atoms with van der Waals surface area (Å²) in [5.74, 6) is 0.318. The average molecular weight is 481 g/mol. The minimum absolute atomic E-state index is 0.0172. The highest BCUT2D eigenvalue weighted by Crippen LogP contribution is 2.42. The number of aromatic amines is 1. The summed E-state index contributed by atoms with van der Waals surface area (Å²) < 4.78 is 15.0. The minimum Gasteiger partial charge on any atom is -0.356 e. The summed E-state index contributed by atoms with van der Waals surface area (Å²) in [6, 6.07) is 7.37. The number of urea groups is 1. The fourth-order valence-corrected chi connectivity index (χ4v) is 5.41. The number of rotatable bonds is 3. The molecule has 174 valence electrons. The summed E-state index contributed by atoms with van der Waals surface area (Å²) in [6.07, 6.45) is 4.94. The highest BCUT2D eigenvalue weighted by molar-refractivity contribution is 6.33. The van der Waals surface area contributed by atoms with Crippen molar-refractivity contribution < 1.29 is 9.18 Å². The van der Waals surface area contributed by atoms with Gasteiger partial charge < -0.3 is 15.1 Å². The molecule has 2 amide bonds. The van der Waals surface area contributed by atoms with E-state index in [1.54, 1.807) is 17.2 Å². The zero-order chi connectivity index (χ0) is 23.4. The quantitative estimate of drug-likeness (QED) is 0.588. The Morgan fingerprint density at radius 2 is 2.06 bits per heavy atom. The monoisotopic (exact) mass is 480 g/mol. The number of carbonyl (C=O) groups excluding carboxylic acids is 1. The van der Waals surface area contributed by atoms with Gasteiger partial charge in [0.2, 0.25) is 0 Å². The molecule has 8 nitrogen and oxygen atoms in total. The van der Waals surface area contributed by atoms with E-state index in [1.165, 1.54) is 12.1 Å². The Balaban J connectivity index is 1.23. The molecule has 0 unspecified atom stereocenters. The number of hydrogen-bond acceptors (Lipinski definition) is 5. The predicted molar refractivity (Wildman–Crippen MR) is 127 cm³/mol. The van der Waals surface area contributed by atoms with Gasteiger partial charge in [-0.2, -0.15) is 5.10 Å². The summed E-state index contributed by atoms with van der Waals surface area (Å²) in [4.78, 5) is 33.1. The Hall–Kier alpha value is -3.46. The van der Waals surface area contributed by atoms with Crippen LogP contribution in [0.1, 0.15) is 36.6 Å². The van der Waals surface area contributed by atoms with Gasteiger partial charge in [0.05, 0.1) is 22.4 Å². The topological polar surface area (TPSA) is 94.2 Å². The van der Waals surface area contributed by atoms with Crippen molar-refractivity contribution in [3.05, 3.63) is 69.0 Å². The molecule has 0 saturated carbocycles. The fourth-order valence-electron chi connectivity index (χ4n) is 5.14. The zero-order valence-corrected chi connectivity index (χ0v) is 19.0. The van der Waals surface area contributed by atoms with Crippen LogP contribution >= 0.6 is 11.6 Å². The molecule has 2 aromatic heterocycles. The maximum Gasteiger partial charge on any atom is 0.322 e. The number of halogens is 2. The Kier molecular flexibility index (Phi) is 5.02. The molecule has 1 aromatic carbocycles. The predicted octanol–water partition coefficient (Wildman–Crippen LogP) is 4.13. The molecule has 2 N–H and O–H groups in total. The van der Waals surface area contributed by atoms with Crippen molar-refractivity contribution in [1.29, 1.82) is 0 Å². The Morgan fingerprint density at radius 1 is 1.21 bits per heavy atom. The molecule has 0 spiro atoms. The maximum atomic E-state index is 15.0. The van der Waals surface area contributed by atoms with Crippen LogP contribution in [0, 0.1) is 5.82 Å². The number of nitrogens with zero attached hydrogens (tertiary/aromatic N) is 4. The SMILES string of the molecule is O=C(Nc1cc(Cl)c(-c2ccc(N3CCC3)nc2)cc1F)N1[C@H]2CC[C@@H]1c1n[nH]c(=O)cc1C2. The number of fused-ring (bicyclic) bond motifs is 4. The molecule has 34 heavy (non-hydrogen) atoms. The normalized spacial score (nSPS) is 20.6. The number of anilines is 2. The van der Waals surface area contributed by atoms with Crippen molar-refractivity contribution in [2.24, 2.45) is 0 Å². The van der Waals surface area contributed by atoms with Crippen LogP contribution in [-0.4, -0.2) is 45.2 Å². The highest BCUT2D eigenvalue weighted by atomic mass is 35.5. The number of amides is 2. The molecule has 3 aliphatic heterocycles. The van der Waals surface area contributed by atoms with Crippen LogP contribution in [-0.2, 0) is 6.42 Å². The summed E-state index contributed by atoms with van der Waals surface area (Å²) in [7, 11) is 0. The van der Waals surface area contributed by atoms with E-state index < -0.39 is 11.8 Å². The third kappa shape index (κ3) is 3.51. The van der Waals surface area contributed by atoms with E-state index in [2.05, 4.69) is 25.4 Å². The van der Waals surface area contributed by atoms with E-state index in [0.717, 1.165) is 43.7 Å². The summed E-state index contributed by atoms with van der Waals surface area (Å²) >= 11 is 6.48. The molecule has 0 radical (unpaired) electrons. The minimum atomic E-state index is -0.577. The maximum absolute atomic E-state index is 15.0. The molecular formula is C24H22ClFN6O2. The van der Waals surface area contributed by atoms with E-state index in [4.69, 9.17) is 11.6 Å². The third-order valence-electron chi connectivity index (χ3n) is 6.97. The fraction of sp³-hybridized carbons (Fsp3) is 0.333. The van der Waals surface area contributed by atoms with Gasteiger partial charge in [0.1, 0.15) is 11.6 Å². The van der Waals surface area contributed by atoms with Crippen LogP contribution in [0.4, 0.5) is 20.7 Å². The summed E-state index contributed by atoms with van der Waals surface area (Å²) in [5.41, 5.74) is 2.55. The van der Waals surface area contributed by atoms with Crippen LogP contribution in [0.25, 0.3) is 11.1 Å². The van der Waals surface area contributed by atoms with Crippen LogP contribution in [0.2, 0.25) is 5.02 Å². The number of aromatic nitrogens is 3. The van der Waals surface area contributed by atoms with Gasteiger partial charge in [0.15, 0.2) is 0 Å². The van der Waals surface area contributed by atoms with Crippen molar-refractivity contribution in [3.8, 4) is 11.1 Å². The van der Waals surface area contributed by atoms with Crippen LogP contribution in [0.15, 0.2) is 41.3 Å². The molecule has 2 atom stereocenters. The third-order valence-corrected chi connectivity index (χ3v) is 7.28. The molecule has 0 aliphatic carbocycles. The van der Waals surface area contributed by atoms with Crippen molar-refractivity contribution in [3.63, 3.8) is 0 Å². The molecule has 3 aliphatic rings. The van der Waals surface area contributed by atoms with Gasteiger partial charge in [0, 0.05) is 42.5 Å². The van der Waals surface area contributed by atoms with E-state index in [1.807, 2.05) is 12.1 Å². The van der Waals surface area contributed by atoms with E-state index in [0.29, 0.717) is 28.3 Å². The first-order valence-corrected chi connectivity index (χ1v) is 11.7. The van der Waals surface area contributed by atoms with Gasteiger partial charge in [-0.25, -0.2) is 19.3 Å². The van der Waals surface area contributed by atoms with Crippen molar-refractivity contribution in [2.45, 2.75) is 37.8 Å². The second-order valence-electron chi connectivity index (χ2n) is 8.99. The van der Waals surface area contributed by atoms with Gasteiger partial charge in [-0.1, -0.05) is 11.6 Å². The van der Waals surface area contributed by atoms with Crippen LogP contribution in [0.5, 0.6) is 0 Å². The van der Waals surface area contributed by atoms with Gasteiger partial charge in [0.25, 0.3) is 5.56 Å². The number of benzene rings is 1. The number of H-pyrrole nitrogens is 1. The van der Waals surface area contributed by atoms with Crippen molar-refractivity contribution in [1.82, 2.24) is 20.1 Å². The number of pyridine rings is 1. The molecule has 2 bridgehead atoms. The van der Waals surface area contributed by atoms with E-state index in [9.17, 15) is 9.59 Å². The van der Waals surface area contributed by atoms with Crippen molar-refractivity contribution in [2.75, 3.05) is 23.3 Å². The lowest BCUT2D eigenvalue weighted by molar-refractivity contribution is 0.177. The second kappa shape index (κ2) is 8.09. The lowest BCUT2D eigenvalue weighted by Gasteiger charge is -2.35. The van der Waals surface area contributed by atoms with Gasteiger partial charge in [-0.15, -0.1) is 0 Å². The van der Waals surface area contributed by atoms with E-state index >= 15 is 4.39 Å². The van der Waals surface area contributed by atoms with Gasteiger partial charge in [-0.05, 0) is 55.5 Å². The Labute approximate surface area is 199 Å². The van der Waals surface area contributed by atoms with Gasteiger partial charge in [-0.3, -0.25) is 4.79 Å². The number of hydrogen-bond donors (Lipinski definition) is 2. The van der Waals surface area contributed by atoms with Crippen LogP contribution in [0.3, 0.4) is 0 Å². The molecule has 6 rings (SSSR count). The smallest absolute Gasteiger partial charge is 0.322 e. The molecule has 2 fully saturated rings. The second-order valence-corrected chi connectivity index (χ2v) is 9.40. The molecule has 5 heterocycles. The number of carbonyl (C=O) groups is 1. The summed E-state index contributed by atoms with van der Waals surface area (Å²) in [6.45, 7) is 1.99. The highest BCUT2D eigenvalue weighted by Gasteiger charge is 2.44. The Morgan fingerprint density at radius 3 is 2.79 bits per heavy atom. The number of nitrogens with one attached hydrogen (secondary N) is 2. The average Bonchev–Trinajstić information content (AvgIpc) is 3.10. The van der Waals surface area contributed by atoms with E-state index in [-0.39, 0.29) is 23.3 Å². The first kappa shape index (κ1) is 21.1. The first-order chi connectivity index (χ1) is 16.5.